The zero-order chi connectivity index (χ0) is 26.1. The zero-order valence-corrected chi connectivity index (χ0v) is 20.5. The molecule has 5 rings (SSSR count). The van der Waals surface area contributed by atoms with E-state index in [-0.39, 0.29) is 17.4 Å². The van der Waals surface area contributed by atoms with Crippen molar-refractivity contribution < 1.29 is 29.0 Å². The van der Waals surface area contributed by atoms with Gasteiger partial charge in [0, 0.05) is 23.6 Å². The highest BCUT2D eigenvalue weighted by Gasteiger charge is 2.47. The first-order chi connectivity index (χ1) is 17.8. The van der Waals surface area contributed by atoms with Gasteiger partial charge in [-0.1, -0.05) is 6.07 Å². The second-order valence-corrected chi connectivity index (χ2v) is 9.23. The van der Waals surface area contributed by atoms with E-state index in [1.54, 1.807) is 80.8 Å². The number of ketones is 1. The van der Waals surface area contributed by atoms with Gasteiger partial charge in [-0.3, -0.25) is 19.5 Å². The lowest BCUT2D eigenvalue weighted by molar-refractivity contribution is -0.132. The summed E-state index contributed by atoms with van der Waals surface area (Å²) in [6.45, 7) is 4.16. The number of pyridine rings is 1. The molecule has 2 aliphatic rings. The summed E-state index contributed by atoms with van der Waals surface area (Å²) in [6.07, 6.45) is 4.53. The maximum Gasteiger partial charge on any atom is 0.338 e. The predicted molar refractivity (Wildman–Crippen MR) is 136 cm³/mol. The first kappa shape index (κ1) is 24.2. The van der Waals surface area contributed by atoms with Crippen LogP contribution in [-0.4, -0.2) is 40.5 Å². The number of esters is 1. The fourth-order valence-corrected chi connectivity index (χ4v) is 4.66. The highest BCUT2D eigenvalue weighted by molar-refractivity contribution is 6.51. The lowest BCUT2D eigenvalue weighted by Gasteiger charge is -2.25. The molecule has 1 atom stereocenters. The minimum atomic E-state index is -0.908. The van der Waals surface area contributed by atoms with Crippen molar-refractivity contribution in [3.05, 3.63) is 94.8 Å². The monoisotopic (exact) mass is 498 g/mol. The van der Waals surface area contributed by atoms with Crippen LogP contribution in [0.15, 0.2) is 72.6 Å². The molecule has 1 N–H and O–H groups in total. The molecule has 1 aromatic heterocycles. The molecule has 1 amide bonds. The molecule has 8 heteroatoms. The molecule has 1 saturated heterocycles. The summed E-state index contributed by atoms with van der Waals surface area (Å²) in [4.78, 5) is 44.4. The van der Waals surface area contributed by atoms with E-state index in [1.807, 2.05) is 0 Å². The van der Waals surface area contributed by atoms with Gasteiger partial charge >= 0.3 is 5.97 Å². The number of aliphatic hydroxyl groups excluding tert-OH is 1. The minimum Gasteiger partial charge on any atom is -0.507 e. The molecule has 0 aliphatic carbocycles. The molecule has 37 heavy (non-hydrogen) atoms. The molecule has 0 radical (unpaired) electrons. The number of carbonyl (C=O) groups is 3. The van der Waals surface area contributed by atoms with Crippen molar-refractivity contribution in [1.82, 2.24) is 4.98 Å². The van der Waals surface area contributed by atoms with Crippen LogP contribution >= 0.6 is 0 Å². The van der Waals surface area contributed by atoms with Gasteiger partial charge < -0.3 is 14.6 Å². The predicted octanol–water partition coefficient (Wildman–Crippen LogP) is 4.60. The number of hydrogen-bond acceptors (Lipinski definition) is 7. The molecular formula is C29H26N2O6. The zero-order valence-electron chi connectivity index (χ0n) is 20.5. The fourth-order valence-electron chi connectivity index (χ4n) is 4.66. The van der Waals surface area contributed by atoms with Crippen LogP contribution in [0.1, 0.15) is 53.4 Å². The number of rotatable bonds is 5. The largest absolute Gasteiger partial charge is 0.507 e. The number of Topliss-reactive ketones (excluding diaryl/α,β-unsaturated/α-hetero) is 1. The van der Waals surface area contributed by atoms with Gasteiger partial charge in [-0.15, -0.1) is 0 Å². The Morgan fingerprint density at radius 1 is 1.11 bits per heavy atom. The normalized spacial score (nSPS) is 18.5. The van der Waals surface area contributed by atoms with Crippen LogP contribution < -0.4 is 9.64 Å². The number of carbonyl (C=O) groups excluding carboxylic acids is 3. The Labute approximate surface area is 214 Å². The first-order valence-electron chi connectivity index (χ1n) is 12.1. The molecule has 8 nitrogen and oxygen atoms in total. The van der Waals surface area contributed by atoms with Gasteiger partial charge in [-0.05, 0) is 86.3 Å². The van der Waals surface area contributed by atoms with Crippen molar-refractivity contribution in [2.75, 3.05) is 11.5 Å². The van der Waals surface area contributed by atoms with E-state index in [0.29, 0.717) is 29.0 Å². The van der Waals surface area contributed by atoms with Crippen molar-refractivity contribution in [1.29, 1.82) is 0 Å². The average Bonchev–Trinajstić information content (AvgIpc) is 3.18. The average molecular weight is 499 g/mol. The third kappa shape index (κ3) is 4.58. The van der Waals surface area contributed by atoms with Crippen molar-refractivity contribution in [3.8, 4) is 5.75 Å². The number of anilines is 1. The Hall–Kier alpha value is -4.46. The quantitative estimate of drug-likeness (QED) is 0.237. The topological polar surface area (TPSA) is 106 Å². The summed E-state index contributed by atoms with van der Waals surface area (Å²) < 4.78 is 10.9. The number of ether oxygens (including phenoxy) is 2. The number of fused-ring (bicyclic) bond motifs is 1. The third-order valence-electron chi connectivity index (χ3n) is 6.35. The van der Waals surface area contributed by atoms with Crippen molar-refractivity contribution in [3.63, 3.8) is 0 Å². The van der Waals surface area contributed by atoms with Crippen LogP contribution in [0.4, 0.5) is 5.69 Å². The number of hydrogen-bond donors (Lipinski definition) is 1. The summed E-state index contributed by atoms with van der Waals surface area (Å²) >= 11 is 0. The van der Waals surface area contributed by atoms with E-state index >= 15 is 0 Å². The van der Waals surface area contributed by atoms with Gasteiger partial charge in [0.25, 0.3) is 11.7 Å². The Balaban J connectivity index is 1.59. The summed E-state index contributed by atoms with van der Waals surface area (Å²) in [5.74, 6) is -1.58. The SMILES string of the molecule is CC(C)OC(=O)c1ccc(N2C(=O)C(=O)/C(=C(\O)c3ccc4c(c3)CCCO4)C2c2cccnc2)cc1. The van der Waals surface area contributed by atoms with Gasteiger partial charge in [0.15, 0.2) is 0 Å². The third-order valence-corrected chi connectivity index (χ3v) is 6.35. The van der Waals surface area contributed by atoms with Gasteiger partial charge in [-0.2, -0.15) is 0 Å². The Morgan fingerprint density at radius 3 is 2.57 bits per heavy atom. The summed E-state index contributed by atoms with van der Waals surface area (Å²) in [6, 6.07) is 14.1. The van der Waals surface area contributed by atoms with Gasteiger partial charge in [0.05, 0.1) is 29.9 Å². The van der Waals surface area contributed by atoms with E-state index in [2.05, 4.69) is 4.98 Å². The lowest BCUT2D eigenvalue weighted by Crippen LogP contribution is -2.29. The maximum atomic E-state index is 13.3. The summed E-state index contributed by atoms with van der Waals surface area (Å²) in [5, 5.41) is 11.4. The fraction of sp³-hybridized carbons (Fsp3) is 0.241. The van der Waals surface area contributed by atoms with E-state index < -0.39 is 23.7 Å². The van der Waals surface area contributed by atoms with Crippen LogP contribution in [0.2, 0.25) is 0 Å². The molecule has 3 heterocycles. The number of nitrogens with zero attached hydrogens (tertiary/aromatic N) is 2. The maximum absolute atomic E-state index is 13.3. The van der Waals surface area contributed by atoms with E-state index in [0.717, 1.165) is 24.2 Å². The van der Waals surface area contributed by atoms with Crippen LogP contribution in [0.5, 0.6) is 5.75 Å². The van der Waals surface area contributed by atoms with Crippen LogP contribution in [0, 0.1) is 0 Å². The second-order valence-electron chi connectivity index (χ2n) is 9.23. The van der Waals surface area contributed by atoms with Crippen LogP contribution in [-0.2, 0) is 20.7 Å². The number of aromatic nitrogens is 1. The van der Waals surface area contributed by atoms with Crippen molar-refractivity contribution in [2.45, 2.75) is 38.8 Å². The lowest BCUT2D eigenvalue weighted by atomic mass is 9.94. The summed E-state index contributed by atoms with van der Waals surface area (Å²) in [5.41, 5.74) is 2.62. The molecule has 0 saturated carbocycles. The van der Waals surface area contributed by atoms with Crippen LogP contribution in [0.25, 0.3) is 5.76 Å². The molecule has 0 bridgehead atoms. The highest BCUT2D eigenvalue weighted by Crippen LogP contribution is 2.42. The second kappa shape index (κ2) is 9.89. The van der Waals surface area contributed by atoms with Crippen molar-refractivity contribution >= 4 is 29.1 Å². The van der Waals surface area contributed by atoms with Crippen molar-refractivity contribution in [2.24, 2.45) is 0 Å². The molecule has 1 fully saturated rings. The Kier molecular flexibility index (Phi) is 6.48. The minimum absolute atomic E-state index is 0.0297. The first-order valence-corrected chi connectivity index (χ1v) is 12.1. The molecule has 188 valence electrons. The van der Waals surface area contributed by atoms with Gasteiger partial charge in [0.2, 0.25) is 0 Å². The highest BCUT2D eigenvalue weighted by atomic mass is 16.5. The molecule has 1 unspecified atom stereocenters. The van der Waals surface area contributed by atoms with Gasteiger partial charge in [-0.25, -0.2) is 4.79 Å². The number of benzene rings is 2. The number of aliphatic hydroxyl groups is 1. The number of aryl methyl sites for hydroxylation is 1. The van der Waals surface area contributed by atoms with Gasteiger partial charge in [0.1, 0.15) is 11.5 Å². The van der Waals surface area contributed by atoms with Crippen LogP contribution in [0.3, 0.4) is 0 Å². The molecule has 0 spiro atoms. The molecule has 3 aromatic rings. The van der Waals surface area contributed by atoms with E-state index in [9.17, 15) is 19.5 Å². The Bertz CT molecular complexity index is 1400. The Morgan fingerprint density at radius 2 is 1.86 bits per heavy atom. The number of amides is 1. The molecule has 2 aliphatic heterocycles. The van der Waals surface area contributed by atoms with E-state index in [1.165, 1.54) is 4.90 Å². The molecule has 2 aromatic carbocycles. The molecular weight excluding hydrogens is 472 g/mol. The standard InChI is InChI=1S/C29H26N2O6/c1-17(2)37-29(35)18-7-10-22(11-8-18)31-25(21-5-3-13-30-16-21)24(27(33)28(31)34)26(32)20-9-12-23-19(15-20)6-4-14-36-23/h3,5,7-13,15-17,25,32H,4,6,14H2,1-2H3/b26-24-. The summed E-state index contributed by atoms with van der Waals surface area (Å²) in [7, 11) is 0. The smallest absolute Gasteiger partial charge is 0.338 e. The van der Waals surface area contributed by atoms with E-state index in [4.69, 9.17) is 9.47 Å².